The number of carbonyl (C=O) groups excluding carboxylic acids is 1. The molecule has 3 heterocycles. The molecule has 0 radical (unpaired) electrons. The first kappa shape index (κ1) is 25.9. The summed E-state index contributed by atoms with van der Waals surface area (Å²) in [6.07, 6.45) is 2.30. The number of rotatable bonds is 8. The number of nitrogens with zero attached hydrogens (tertiary/aromatic N) is 2. The van der Waals surface area contributed by atoms with Crippen LogP contribution in [0.5, 0.6) is 17.4 Å². The van der Waals surface area contributed by atoms with Crippen molar-refractivity contribution in [2.24, 2.45) is 0 Å². The van der Waals surface area contributed by atoms with Crippen LogP contribution in [-0.2, 0) is 17.8 Å². The molecule has 1 aliphatic heterocycles. The fourth-order valence-corrected chi connectivity index (χ4v) is 5.28. The summed E-state index contributed by atoms with van der Waals surface area (Å²) in [6.45, 7) is 1.29. The van der Waals surface area contributed by atoms with Crippen LogP contribution >= 0.6 is 11.6 Å². The van der Waals surface area contributed by atoms with E-state index in [-0.39, 0.29) is 17.8 Å². The van der Waals surface area contributed by atoms with Gasteiger partial charge in [0, 0.05) is 34.4 Å². The molecule has 6 rings (SSSR count). The number of amides is 1. The van der Waals surface area contributed by atoms with E-state index in [0.717, 1.165) is 27.9 Å². The SMILES string of the molecule is COc1ccc2[nH]c3c(c2c1)CCN(C(=O)c1cccnc1Oc1ccc(Cl)cc1)C3COCc1ccccc1. The Labute approximate surface area is 237 Å². The monoisotopic (exact) mass is 553 g/mol. The first-order chi connectivity index (χ1) is 19.6. The van der Waals surface area contributed by atoms with Crippen LogP contribution in [0, 0.1) is 0 Å². The average molecular weight is 554 g/mol. The highest BCUT2D eigenvalue weighted by atomic mass is 35.5. The van der Waals surface area contributed by atoms with E-state index in [1.54, 1.807) is 49.7 Å². The topological polar surface area (TPSA) is 76.7 Å². The number of carbonyl (C=O) groups is 1. The Bertz CT molecular complexity index is 1640. The fourth-order valence-electron chi connectivity index (χ4n) is 5.16. The summed E-state index contributed by atoms with van der Waals surface area (Å²) < 4.78 is 17.7. The Morgan fingerprint density at radius 3 is 2.62 bits per heavy atom. The predicted molar refractivity (Wildman–Crippen MR) is 154 cm³/mol. The van der Waals surface area contributed by atoms with E-state index >= 15 is 0 Å². The molecule has 0 saturated heterocycles. The number of pyridine rings is 1. The third-order valence-electron chi connectivity index (χ3n) is 7.14. The third-order valence-corrected chi connectivity index (χ3v) is 7.39. The largest absolute Gasteiger partial charge is 0.497 e. The zero-order chi connectivity index (χ0) is 27.5. The molecule has 1 atom stereocenters. The number of fused-ring (bicyclic) bond motifs is 3. The van der Waals surface area contributed by atoms with Crippen molar-refractivity contribution in [1.82, 2.24) is 14.9 Å². The normalized spacial score (nSPS) is 14.7. The van der Waals surface area contributed by atoms with Crippen molar-refractivity contribution in [2.75, 3.05) is 20.3 Å². The first-order valence-electron chi connectivity index (χ1n) is 13.1. The van der Waals surface area contributed by atoms with E-state index in [1.807, 2.05) is 53.4 Å². The van der Waals surface area contributed by atoms with Gasteiger partial charge in [0.25, 0.3) is 5.91 Å². The van der Waals surface area contributed by atoms with Gasteiger partial charge in [0.05, 0.1) is 26.4 Å². The minimum Gasteiger partial charge on any atom is -0.497 e. The number of benzene rings is 3. The molecule has 2 aromatic heterocycles. The molecule has 0 aliphatic carbocycles. The quantitative estimate of drug-likeness (QED) is 0.224. The lowest BCUT2D eigenvalue weighted by Gasteiger charge is -2.36. The summed E-state index contributed by atoms with van der Waals surface area (Å²) in [5.41, 5.74) is 4.60. The van der Waals surface area contributed by atoms with Crippen LogP contribution in [0.2, 0.25) is 5.02 Å². The Balaban J connectivity index is 1.33. The second kappa shape index (κ2) is 11.4. The van der Waals surface area contributed by atoms with Crippen LogP contribution in [0.25, 0.3) is 10.9 Å². The fraction of sp³-hybridized carbons (Fsp3) is 0.188. The number of aromatic nitrogens is 2. The molecular formula is C32H28ClN3O4. The van der Waals surface area contributed by atoms with Crippen molar-refractivity contribution < 1.29 is 19.0 Å². The summed E-state index contributed by atoms with van der Waals surface area (Å²) in [5.74, 6) is 1.41. The predicted octanol–water partition coefficient (Wildman–Crippen LogP) is 6.97. The zero-order valence-corrected chi connectivity index (χ0v) is 22.7. The first-order valence-corrected chi connectivity index (χ1v) is 13.5. The molecule has 0 bridgehead atoms. The standard InChI is InChI=1S/C32H28ClN3O4/c1-38-24-13-14-28-27(18-24)25-15-17-36(29(30(25)35-28)20-39-19-21-6-3-2-4-7-21)32(37)26-8-5-16-34-31(26)40-23-11-9-22(33)10-12-23/h2-14,16,18,29,35H,15,17,19-20H2,1H3. The molecule has 5 aromatic rings. The number of H-pyrrole nitrogens is 1. The molecule has 8 heteroatoms. The van der Waals surface area contributed by atoms with Crippen molar-refractivity contribution in [3.8, 4) is 17.4 Å². The Morgan fingerprint density at radius 2 is 1.82 bits per heavy atom. The lowest BCUT2D eigenvalue weighted by atomic mass is 9.96. The second-order valence-corrected chi connectivity index (χ2v) is 10.0. The van der Waals surface area contributed by atoms with Crippen molar-refractivity contribution >= 4 is 28.4 Å². The number of ether oxygens (including phenoxy) is 3. The summed E-state index contributed by atoms with van der Waals surface area (Å²) in [6, 6.07) is 26.1. The van der Waals surface area contributed by atoms with Crippen molar-refractivity contribution in [3.05, 3.63) is 119 Å². The van der Waals surface area contributed by atoms with E-state index in [2.05, 4.69) is 9.97 Å². The maximum absolute atomic E-state index is 14.1. The van der Waals surface area contributed by atoms with Gasteiger partial charge in [0.15, 0.2) is 0 Å². The highest BCUT2D eigenvalue weighted by molar-refractivity contribution is 6.30. The van der Waals surface area contributed by atoms with Gasteiger partial charge in [-0.05, 0) is 72.1 Å². The van der Waals surface area contributed by atoms with Crippen LogP contribution in [0.3, 0.4) is 0 Å². The second-order valence-electron chi connectivity index (χ2n) is 9.61. The molecule has 1 N–H and O–H groups in total. The van der Waals surface area contributed by atoms with E-state index in [1.165, 1.54) is 5.56 Å². The minimum atomic E-state index is -0.332. The van der Waals surface area contributed by atoms with Crippen LogP contribution in [0.4, 0.5) is 0 Å². The van der Waals surface area contributed by atoms with E-state index in [9.17, 15) is 4.79 Å². The van der Waals surface area contributed by atoms with Crippen LogP contribution in [0.15, 0.2) is 91.1 Å². The van der Waals surface area contributed by atoms with Crippen molar-refractivity contribution in [3.63, 3.8) is 0 Å². The Kier molecular flexibility index (Phi) is 7.40. The van der Waals surface area contributed by atoms with E-state index in [4.69, 9.17) is 25.8 Å². The number of halogens is 1. The van der Waals surface area contributed by atoms with Gasteiger partial charge in [-0.1, -0.05) is 41.9 Å². The Morgan fingerprint density at radius 1 is 1.02 bits per heavy atom. The molecular weight excluding hydrogens is 526 g/mol. The average Bonchev–Trinajstić information content (AvgIpc) is 3.37. The number of hydrogen-bond acceptors (Lipinski definition) is 5. The molecule has 202 valence electrons. The van der Waals surface area contributed by atoms with Gasteiger partial charge >= 0.3 is 0 Å². The van der Waals surface area contributed by atoms with Crippen LogP contribution in [-0.4, -0.2) is 41.0 Å². The zero-order valence-electron chi connectivity index (χ0n) is 22.0. The molecule has 1 aliphatic rings. The summed E-state index contributed by atoms with van der Waals surface area (Å²) in [5, 5.41) is 1.70. The third kappa shape index (κ3) is 5.26. The van der Waals surface area contributed by atoms with Gasteiger partial charge in [-0.25, -0.2) is 4.98 Å². The van der Waals surface area contributed by atoms with Gasteiger partial charge < -0.3 is 24.1 Å². The minimum absolute atomic E-state index is 0.174. The summed E-state index contributed by atoms with van der Waals surface area (Å²) in [7, 11) is 1.67. The smallest absolute Gasteiger partial charge is 0.260 e. The summed E-state index contributed by atoms with van der Waals surface area (Å²) >= 11 is 6.03. The van der Waals surface area contributed by atoms with Crippen LogP contribution in [0.1, 0.15) is 33.2 Å². The van der Waals surface area contributed by atoms with Gasteiger partial charge in [-0.15, -0.1) is 0 Å². The van der Waals surface area contributed by atoms with Gasteiger partial charge in [-0.2, -0.15) is 0 Å². The molecule has 7 nitrogen and oxygen atoms in total. The molecule has 0 fully saturated rings. The number of methoxy groups -OCH3 is 1. The molecule has 1 amide bonds. The van der Waals surface area contributed by atoms with Crippen molar-refractivity contribution in [1.29, 1.82) is 0 Å². The van der Waals surface area contributed by atoms with Gasteiger partial charge in [0.2, 0.25) is 5.88 Å². The van der Waals surface area contributed by atoms with E-state index in [0.29, 0.717) is 42.5 Å². The van der Waals surface area contributed by atoms with Crippen molar-refractivity contribution in [2.45, 2.75) is 19.1 Å². The van der Waals surface area contributed by atoms with E-state index < -0.39 is 0 Å². The van der Waals surface area contributed by atoms with Gasteiger partial charge in [0.1, 0.15) is 17.1 Å². The number of aromatic amines is 1. The lowest BCUT2D eigenvalue weighted by Crippen LogP contribution is -2.42. The van der Waals surface area contributed by atoms with Gasteiger partial charge in [-0.3, -0.25) is 4.79 Å². The maximum atomic E-state index is 14.1. The molecule has 0 spiro atoms. The lowest BCUT2D eigenvalue weighted by molar-refractivity contribution is 0.0337. The highest BCUT2D eigenvalue weighted by Crippen LogP contribution is 2.38. The number of nitrogens with one attached hydrogen (secondary N) is 1. The summed E-state index contributed by atoms with van der Waals surface area (Å²) in [4.78, 5) is 23.9. The molecule has 40 heavy (non-hydrogen) atoms. The molecule has 1 unspecified atom stereocenters. The van der Waals surface area contributed by atoms with Crippen LogP contribution < -0.4 is 9.47 Å². The highest BCUT2D eigenvalue weighted by Gasteiger charge is 2.35. The molecule has 0 saturated carbocycles. The molecule has 3 aromatic carbocycles. The Hall–Kier alpha value is -4.33. The maximum Gasteiger partial charge on any atom is 0.260 e. The number of hydrogen-bond donors (Lipinski definition) is 1.